The molecule has 0 saturated carbocycles. The number of aromatic nitrogens is 3. The second-order valence-electron chi connectivity index (χ2n) is 4.38. The van der Waals surface area contributed by atoms with Crippen LogP contribution in [0.2, 0.25) is 0 Å². The minimum atomic E-state index is 0.467. The standard InChI is InChI=1S/C16H12N4O/c1-21-15-6-3-12(4-7-15)2-5-14-8-9-18-16-13(10-17)11-19-20(14)16/h2-9,11H,1H3. The van der Waals surface area contributed by atoms with Gasteiger partial charge < -0.3 is 4.74 Å². The van der Waals surface area contributed by atoms with Gasteiger partial charge in [0.1, 0.15) is 17.4 Å². The van der Waals surface area contributed by atoms with Gasteiger partial charge in [0.05, 0.1) is 19.0 Å². The number of ether oxygens (including phenoxy) is 1. The number of hydrogen-bond acceptors (Lipinski definition) is 4. The van der Waals surface area contributed by atoms with E-state index in [0.29, 0.717) is 11.2 Å². The van der Waals surface area contributed by atoms with E-state index in [2.05, 4.69) is 16.2 Å². The van der Waals surface area contributed by atoms with E-state index in [0.717, 1.165) is 17.0 Å². The molecule has 0 unspecified atom stereocenters. The number of methoxy groups -OCH3 is 1. The van der Waals surface area contributed by atoms with Gasteiger partial charge in [-0.25, -0.2) is 9.50 Å². The Kier molecular flexibility index (Phi) is 3.36. The first-order chi connectivity index (χ1) is 10.3. The number of hydrogen-bond donors (Lipinski definition) is 0. The minimum Gasteiger partial charge on any atom is -0.497 e. The molecule has 102 valence electrons. The zero-order valence-electron chi connectivity index (χ0n) is 11.4. The summed E-state index contributed by atoms with van der Waals surface area (Å²) in [4.78, 5) is 4.18. The minimum absolute atomic E-state index is 0.467. The Morgan fingerprint density at radius 1 is 1.19 bits per heavy atom. The van der Waals surface area contributed by atoms with Gasteiger partial charge >= 0.3 is 0 Å². The predicted octanol–water partition coefficient (Wildman–Crippen LogP) is 2.78. The highest BCUT2D eigenvalue weighted by Crippen LogP contribution is 2.15. The molecule has 0 fully saturated rings. The zero-order valence-corrected chi connectivity index (χ0v) is 11.4. The van der Waals surface area contributed by atoms with E-state index in [1.165, 1.54) is 6.20 Å². The number of nitriles is 1. The molecule has 0 aliphatic heterocycles. The molecule has 0 atom stereocenters. The van der Waals surface area contributed by atoms with E-state index in [9.17, 15) is 0 Å². The normalized spacial score (nSPS) is 10.9. The van der Waals surface area contributed by atoms with Gasteiger partial charge in [0.15, 0.2) is 5.65 Å². The highest BCUT2D eigenvalue weighted by molar-refractivity contribution is 5.70. The van der Waals surface area contributed by atoms with Crippen molar-refractivity contribution in [2.75, 3.05) is 7.11 Å². The molecule has 1 aromatic carbocycles. The lowest BCUT2D eigenvalue weighted by molar-refractivity contribution is 0.415. The molecule has 2 aromatic heterocycles. The molecule has 2 heterocycles. The smallest absolute Gasteiger partial charge is 0.173 e. The van der Waals surface area contributed by atoms with Gasteiger partial charge in [0.25, 0.3) is 0 Å². The van der Waals surface area contributed by atoms with E-state index in [4.69, 9.17) is 10.00 Å². The van der Waals surface area contributed by atoms with Gasteiger partial charge in [-0.2, -0.15) is 10.4 Å². The molecule has 21 heavy (non-hydrogen) atoms. The molecule has 0 bridgehead atoms. The van der Waals surface area contributed by atoms with Crippen LogP contribution in [0.3, 0.4) is 0 Å². The Balaban J connectivity index is 1.95. The Hall–Kier alpha value is -3.13. The van der Waals surface area contributed by atoms with Crippen molar-refractivity contribution in [3.05, 3.63) is 59.5 Å². The number of fused-ring (bicyclic) bond motifs is 1. The monoisotopic (exact) mass is 276 g/mol. The van der Waals surface area contributed by atoms with Gasteiger partial charge in [0.2, 0.25) is 0 Å². The largest absolute Gasteiger partial charge is 0.497 e. The maximum Gasteiger partial charge on any atom is 0.173 e. The van der Waals surface area contributed by atoms with Crippen molar-refractivity contribution in [1.82, 2.24) is 14.6 Å². The van der Waals surface area contributed by atoms with Crippen molar-refractivity contribution in [3.8, 4) is 11.8 Å². The molecule has 0 N–H and O–H groups in total. The summed E-state index contributed by atoms with van der Waals surface area (Å²) in [5.41, 5.74) is 2.94. The molecular weight excluding hydrogens is 264 g/mol. The van der Waals surface area contributed by atoms with Crippen molar-refractivity contribution in [2.45, 2.75) is 0 Å². The van der Waals surface area contributed by atoms with E-state index >= 15 is 0 Å². The second-order valence-corrected chi connectivity index (χ2v) is 4.38. The van der Waals surface area contributed by atoms with Crippen LogP contribution in [0.4, 0.5) is 0 Å². The molecule has 0 aliphatic carbocycles. The lowest BCUT2D eigenvalue weighted by Crippen LogP contribution is -1.94. The molecule has 0 spiro atoms. The predicted molar refractivity (Wildman–Crippen MR) is 79.6 cm³/mol. The summed E-state index contributed by atoms with van der Waals surface area (Å²) in [6.07, 6.45) is 7.10. The lowest BCUT2D eigenvalue weighted by atomic mass is 10.2. The highest BCUT2D eigenvalue weighted by Gasteiger charge is 2.05. The third-order valence-corrected chi connectivity index (χ3v) is 3.11. The Bertz CT molecular complexity index is 841. The Morgan fingerprint density at radius 3 is 2.71 bits per heavy atom. The van der Waals surface area contributed by atoms with Crippen molar-refractivity contribution in [2.24, 2.45) is 0 Å². The molecular formula is C16H12N4O. The summed E-state index contributed by atoms with van der Waals surface area (Å²) in [5.74, 6) is 0.823. The van der Waals surface area contributed by atoms with E-state index in [1.807, 2.05) is 42.5 Å². The maximum atomic E-state index is 9.00. The second kappa shape index (κ2) is 5.47. The zero-order chi connectivity index (χ0) is 14.7. The van der Waals surface area contributed by atoms with Crippen LogP contribution in [-0.2, 0) is 0 Å². The molecule has 0 radical (unpaired) electrons. The summed E-state index contributed by atoms with van der Waals surface area (Å²) in [6, 6.07) is 11.7. The van der Waals surface area contributed by atoms with E-state index in [-0.39, 0.29) is 0 Å². The van der Waals surface area contributed by atoms with Gasteiger partial charge in [-0.1, -0.05) is 18.2 Å². The average Bonchev–Trinajstić information content (AvgIpc) is 2.97. The van der Waals surface area contributed by atoms with Crippen LogP contribution in [-0.4, -0.2) is 21.7 Å². The summed E-state index contributed by atoms with van der Waals surface area (Å²) >= 11 is 0. The van der Waals surface area contributed by atoms with Crippen molar-refractivity contribution in [1.29, 1.82) is 5.26 Å². The summed E-state index contributed by atoms with van der Waals surface area (Å²) in [5, 5.41) is 13.2. The summed E-state index contributed by atoms with van der Waals surface area (Å²) < 4.78 is 6.78. The average molecular weight is 276 g/mol. The van der Waals surface area contributed by atoms with Gasteiger partial charge in [-0.15, -0.1) is 0 Å². The fourth-order valence-electron chi connectivity index (χ4n) is 2.01. The van der Waals surface area contributed by atoms with Crippen LogP contribution in [0.1, 0.15) is 16.8 Å². The number of rotatable bonds is 3. The Morgan fingerprint density at radius 2 is 2.00 bits per heavy atom. The lowest BCUT2D eigenvalue weighted by Gasteiger charge is -2.00. The summed E-state index contributed by atoms with van der Waals surface area (Å²) in [7, 11) is 1.64. The van der Waals surface area contributed by atoms with Crippen LogP contribution < -0.4 is 4.74 Å². The Labute approximate surface area is 121 Å². The van der Waals surface area contributed by atoms with Crippen LogP contribution in [0.5, 0.6) is 5.75 Å². The highest BCUT2D eigenvalue weighted by atomic mass is 16.5. The number of nitrogens with zero attached hydrogens (tertiary/aromatic N) is 4. The fourth-order valence-corrected chi connectivity index (χ4v) is 2.01. The molecule has 0 amide bonds. The third-order valence-electron chi connectivity index (χ3n) is 3.11. The number of benzene rings is 1. The molecule has 5 nitrogen and oxygen atoms in total. The quantitative estimate of drug-likeness (QED) is 0.738. The van der Waals surface area contributed by atoms with Gasteiger partial charge in [0, 0.05) is 6.20 Å². The van der Waals surface area contributed by atoms with Crippen molar-refractivity contribution >= 4 is 17.8 Å². The van der Waals surface area contributed by atoms with Gasteiger partial charge in [-0.3, -0.25) is 0 Å². The first-order valence-electron chi connectivity index (χ1n) is 6.37. The van der Waals surface area contributed by atoms with Crippen LogP contribution in [0.15, 0.2) is 42.7 Å². The van der Waals surface area contributed by atoms with Gasteiger partial charge in [-0.05, 0) is 29.8 Å². The first-order valence-corrected chi connectivity index (χ1v) is 6.37. The first kappa shape index (κ1) is 12.9. The molecule has 3 aromatic rings. The molecule has 3 rings (SSSR count). The van der Waals surface area contributed by atoms with Crippen LogP contribution in [0, 0.1) is 11.3 Å². The molecule has 0 saturated heterocycles. The van der Waals surface area contributed by atoms with Crippen LogP contribution >= 0.6 is 0 Å². The SMILES string of the molecule is COc1ccc(C=Cc2ccnc3c(C#N)cnn23)cc1. The topological polar surface area (TPSA) is 63.2 Å². The molecule has 5 heteroatoms. The maximum absolute atomic E-state index is 9.00. The van der Waals surface area contributed by atoms with Crippen LogP contribution in [0.25, 0.3) is 17.8 Å². The fraction of sp³-hybridized carbons (Fsp3) is 0.0625. The van der Waals surface area contributed by atoms with Crippen molar-refractivity contribution < 1.29 is 4.74 Å². The third kappa shape index (κ3) is 2.47. The summed E-state index contributed by atoms with van der Waals surface area (Å²) in [6.45, 7) is 0. The van der Waals surface area contributed by atoms with Crippen molar-refractivity contribution in [3.63, 3.8) is 0 Å². The molecule has 0 aliphatic rings. The van der Waals surface area contributed by atoms with E-state index in [1.54, 1.807) is 17.8 Å². The van der Waals surface area contributed by atoms with E-state index < -0.39 is 0 Å².